The Kier molecular flexibility index (Phi) is 6.27. The number of carbonyl (C=O) groups is 1. The van der Waals surface area contributed by atoms with Crippen molar-refractivity contribution in [3.05, 3.63) is 46.8 Å². The highest BCUT2D eigenvalue weighted by Gasteiger charge is 2.29. The summed E-state index contributed by atoms with van der Waals surface area (Å²) in [4.78, 5) is 17.8. The second kappa shape index (κ2) is 8.24. The van der Waals surface area contributed by atoms with Crippen LogP contribution in [0.3, 0.4) is 0 Å². The van der Waals surface area contributed by atoms with Crippen LogP contribution >= 0.6 is 0 Å². The number of rotatable bonds is 2. The second-order valence-corrected chi connectivity index (χ2v) is 12.3. The molecule has 1 amide bonds. The molecule has 1 saturated heterocycles. The monoisotopic (exact) mass is 438 g/mol. The van der Waals surface area contributed by atoms with E-state index < -0.39 is 0 Å². The summed E-state index contributed by atoms with van der Waals surface area (Å²) in [6, 6.07) is 8.96. The van der Waals surface area contributed by atoms with Crippen LogP contribution in [0.15, 0.2) is 24.3 Å². The van der Waals surface area contributed by atoms with Gasteiger partial charge in [0.15, 0.2) is 0 Å². The minimum atomic E-state index is -0.224. The third kappa shape index (κ3) is 5.19. The fourth-order valence-electron chi connectivity index (χ4n) is 4.15. The van der Waals surface area contributed by atoms with E-state index in [4.69, 9.17) is 0 Å². The van der Waals surface area contributed by atoms with Gasteiger partial charge < -0.3 is 9.80 Å². The Balaban J connectivity index is 1.81. The molecule has 0 aliphatic carbocycles. The maximum Gasteiger partial charge on any atom is 0.272 e. The molecule has 5 heteroatoms. The van der Waals surface area contributed by atoms with Crippen molar-refractivity contribution in [1.82, 2.24) is 14.7 Å². The highest BCUT2D eigenvalue weighted by molar-refractivity contribution is 5.93. The van der Waals surface area contributed by atoms with Gasteiger partial charge in [0.1, 0.15) is 5.69 Å². The van der Waals surface area contributed by atoms with Crippen LogP contribution in [-0.2, 0) is 16.4 Å². The molecule has 0 radical (unpaired) electrons. The summed E-state index contributed by atoms with van der Waals surface area (Å²) in [5.74, 6) is 0.0824. The first kappa shape index (κ1) is 24.3. The molecule has 3 rings (SSSR count). The summed E-state index contributed by atoms with van der Waals surface area (Å²) in [5.41, 5.74) is 5.53. The summed E-state index contributed by atoms with van der Waals surface area (Å²) in [6.45, 7) is 25.0. The topological polar surface area (TPSA) is 41.4 Å². The van der Waals surface area contributed by atoms with Crippen molar-refractivity contribution in [3.63, 3.8) is 0 Å². The van der Waals surface area contributed by atoms with Crippen LogP contribution in [0.2, 0.25) is 0 Å². The summed E-state index contributed by atoms with van der Waals surface area (Å²) in [7, 11) is 0. The van der Waals surface area contributed by atoms with Crippen molar-refractivity contribution >= 4 is 11.6 Å². The first-order valence-electron chi connectivity index (χ1n) is 11.8. The standard InChI is InChI=1S/C27H42N4O/c1-19-15-23(31(28-19)27(8,9)10)24(32)30-13-11-29(12-14-30)22-17-20(25(2,3)4)16-21(18-22)26(5,6)7/h15-18H,11-14H2,1-10H3. The van der Waals surface area contributed by atoms with Crippen LogP contribution in [0.25, 0.3) is 0 Å². The average molecular weight is 439 g/mol. The van der Waals surface area contributed by atoms with E-state index in [0.717, 1.165) is 31.9 Å². The van der Waals surface area contributed by atoms with E-state index in [2.05, 4.69) is 90.5 Å². The molecule has 0 N–H and O–H groups in total. The number of piperazine rings is 1. The van der Waals surface area contributed by atoms with Gasteiger partial charge in [-0.05, 0) is 67.9 Å². The van der Waals surface area contributed by atoms with Crippen LogP contribution in [0.5, 0.6) is 0 Å². The maximum atomic E-state index is 13.3. The number of hydrogen-bond acceptors (Lipinski definition) is 3. The number of aromatic nitrogens is 2. The zero-order valence-electron chi connectivity index (χ0n) is 21.8. The quantitative estimate of drug-likeness (QED) is 0.621. The van der Waals surface area contributed by atoms with Crippen LogP contribution in [0.1, 0.15) is 89.6 Å². The molecule has 1 aromatic heterocycles. The van der Waals surface area contributed by atoms with E-state index in [0.29, 0.717) is 5.69 Å². The Bertz CT molecular complexity index is 942. The minimum Gasteiger partial charge on any atom is -0.368 e. The molecule has 1 fully saturated rings. The summed E-state index contributed by atoms with van der Waals surface area (Å²) < 4.78 is 1.87. The fourth-order valence-corrected chi connectivity index (χ4v) is 4.15. The number of amides is 1. The summed E-state index contributed by atoms with van der Waals surface area (Å²) in [5, 5.41) is 4.58. The molecule has 32 heavy (non-hydrogen) atoms. The Hall–Kier alpha value is -2.30. The Labute approximate surface area is 194 Å². The lowest BCUT2D eigenvalue weighted by molar-refractivity contribution is 0.0726. The maximum absolute atomic E-state index is 13.3. The van der Waals surface area contributed by atoms with Crippen molar-refractivity contribution in [3.8, 4) is 0 Å². The van der Waals surface area contributed by atoms with Gasteiger partial charge in [0.2, 0.25) is 0 Å². The minimum absolute atomic E-state index is 0.0824. The van der Waals surface area contributed by atoms with Crippen molar-refractivity contribution in [1.29, 1.82) is 0 Å². The first-order valence-corrected chi connectivity index (χ1v) is 11.8. The van der Waals surface area contributed by atoms with Crippen molar-refractivity contribution in [2.45, 2.75) is 85.6 Å². The van der Waals surface area contributed by atoms with E-state index in [1.807, 2.05) is 22.6 Å². The number of benzene rings is 1. The van der Waals surface area contributed by atoms with Gasteiger partial charge in [0, 0.05) is 31.9 Å². The van der Waals surface area contributed by atoms with Gasteiger partial charge in [0.05, 0.1) is 11.2 Å². The lowest BCUT2D eigenvalue weighted by atomic mass is 9.80. The third-order valence-electron chi connectivity index (χ3n) is 6.27. The fraction of sp³-hybridized carbons (Fsp3) is 0.630. The number of carbonyl (C=O) groups excluding carboxylic acids is 1. The molecule has 1 aliphatic rings. The zero-order valence-corrected chi connectivity index (χ0v) is 21.8. The molecule has 0 spiro atoms. The molecule has 1 aliphatic heterocycles. The molecule has 2 aromatic rings. The van der Waals surface area contributed by atoms with Gasteiger partial charge in [-0.15, -0.1) is 0 Å². The predicted molar refractivity (Wildman–Crippen MR) is 134 cm³/mol. The van der Waals surface area contributed by atoms with E-state index in [1.54, 1.807) is 0 Å². The lowest BCUT2D eigenvalue weighted by Crippen LogP contribution is -2.49. The lowest BCUT2D eigenvalue weighted by Gasteiger charge is -2.38. The van der Waals surface area contributed by atoms with Gasteiger partial charge in [-0.2, -0.15) is 5.10 Å². The summed E-state index contributed by atoms with van der Waals surface area (Å²) in [6.07, 6.45) is 0. The van der Waals surface area contributed by atoms with E-state index in [-0.39, 0.29) is 22.3 Å². The highest BCUT2D eigenvalue weighted by Crippen LogP contribution is 2.33. The normalized spacial score (nSPS) is 15.9. The Morgan fingerprint density at radius 3 is 1.72 bits per heavy atom. The second-order valence-electron chi connectivity index (χ2n) is 12.3. The van der Waals surface area contributed by atoms with Gasteiger partial charge in [-0.1, -0.05) is 47.6 Å². The van der Waals surface area contributed by atoms with Crippen LogP contribution < -0.4 is 4.90 Å². The van der Waals surface area contributed by atoms with Crippen molar-refractivity contribution in [2.75, 3.05) is 31.1 Å². The van der Waals surface area contributed by atoms with Gasteiger partial charge in [-0.3, -0.25) is 9.48 Å². The smallest absolute Gasteiger partial charge is 0.272 e. The molecule has 0 atom stereocenters. The molecule has 176 valence electrons. The largest absolute Gasteiger partial charge is 0.368 e. The van der Waals surface area contributed by atoms with Crippen LogP contribution in [0, 0.1) is 6.92 Å². The van der Waals surface area contributed by atoms with E-state index in [1.165, 1.54) is 16.8 Å². The van der Waals surface area contributed by atoms with E-state index in [9.17, 15) is 4.79 Å². The third-order valence-corrected chi connectivity index (χ3v) is 6.27. The molecule has 1 aromatic carbocycles. The molecule has 5 nitrogen and oxygen atoms in total. The van der Waals surface area contributed by atoms with E-state index >= 15 is 0 Å². The molecule has 2 heterocycles. The Morgan fingerprint density at radius 2 is 1.28 bits per heavy atom. The van der Waals surface area contributed by atoms with Crippen molar-refractivity contribution < 1.29 is 4.79 Å². The number of aryl methyl sites for hydroxylation is 1. The van der Waals surface area contributed by atoms with Gasteiger partial charge in [0.25, 0.3) is 5.91 Å². The van der Waals surface area contributed by atoms with Gasteiger partial charge >= 0.3 is 0 Å². The molecular weight excluding hydrogens is 396 g/mol. The Morgan fingerprint density at radius 1 is 0.781 bits per heavy atom. The molecule has 0 unspecified atom stereocenters. The molecule has 0 saturated carbocycles. The zero-order chi connectivity index (χ0) is 24.1. The average Bonchev–Trinajstić information content (AvgIpc) is 3.08. The van der Waals surface area contributed by atoms with Crippen molar-refractivity contribution in [2.24, 2.45) is 0 Å². The van der Waals surface area contributed by atoms with Gasteiger partial charge in [-0.25, -0.2) is 0 Å². The number of hydrogen-bond donors (Lipinski definition) is 0. The molecule has 0 bridgehead atoms. The number of anilines is 1. The van der Waals surface area contributed by atoms with Crippen LogP contribution in [0.4, 0.5) is 5.69 Å². The predicted octanol–water partition coefficient (Wildman–Crippen LogP) is 5.50. The summed E-state index contributed by atoms with van der Waals surface area (Å²) >= 11 is 0. The van der Waals surface area contributed by atoms with Crippen LogP contribution in [-0.4, -0.2) is 46.8 Å². The molecular formula is C27H42N4O. The SMILES string of the molecule is Cc1cc(C(=O)N2CCN(c3cc(C(C)(C)C)cc(C(C)(C)C)c3)CC2)n(C(C)(C)C)n1. The number of nitrogens with zero attached hydrogens (tertiary/aromatic N) is 4. The highest BCUT2D eigenvalue weighted by atomic mass is 16.2. The first-order chi connectivity index (χ1) is 14.6.